The van der Waals surface area contributed by atoms with E-state index in [1.807, 2.05) is 11.3 Å². The number of hydrogen-bond donors (Lipinski definition) is 0. The van der Waals surface area contributed by atoms with Gasteiger partial charge in [-0.05, 0) is 118 Å². The predicted octanol–water partition coefficient (Wildman–Crippen LogP) is 18.3. The molecule has 0 N–H and O–H groups in total. The van der Waals surface area contributed by atoms with Crippen LogP contribution in [0.2, 0.25) is 0 Å². The summed E-state index contributed by atoms with van der Waals surface area (Å²) in [5, 5.41) is 4.91. The van der Waals surface area contributed by atoms with Crippen molar-refractivity contribution in [1.82, 2.24) is 0 Å². The highest BCUT2D eigenvalue weighted by Gasteiger charge is 2.52. The molecule has 324 valence electrons. The van der Waals surface area contributed by atoms with E-state index < -0.39 is 5.41 Å². The summed E-state index contributed by atoms with van der Waals surface area (Å²) in [5.74, 6) is 0. The Labute approximate surface area is 405 Å². The monoisotopic (exact) mass is 897 g/mol. The summed E-state index contributed by atoms with van der Waals surface area (Å²) in [5.41, 5.74) is 17.4. The Morgan fingerprint density at radius 2 is 0.797 bits per heavy atom. The topological polar surface area (TPSA) is 9.72 Å². The fourth-order valence-corrected chi connectivity index (χ4v) is 12.9. The second-order valence-corrected chi connectivity index (χ2v) is 19.0. The molecule has 0 fully saturated rings. The summed E-state index contributed by atoms with van der Waals surface area (Å²) >= 11 is 1.88. The second-order valence-electron chi connectivity index (χ2n) is 18.0. The Balaban J connectivity index is 1.01. The summed E-state index contributed by atoms with van der Waals surface area (Å²) in [6, 6.07) is 96.0. The molecule has 0 radical (unpaired) electrons. The molecule has 11 aromatic carbocycles. The Kier molecular flexibility index (Phi) is 8.98. The molecule has 14 rings (SSSR count). The second kappa shape index (κ2) is 15.7. The standard InChI is InChI=1S/C65H43N3S/c1-4-23-45(24-5-1)66(61-39-19-31-52-53-32-20-40-62(64(53)69-63(52)61)67(46-25-6-2-7-26-46)58-38-18-22-44-21-10-11-29-49(44)58)48-41-42-51-50-30-12-13-33-54(50)65(57(51)43-48)55-34-14-16-36-59(55)68(47-27-8-3-9-28-47)60-37-17-15-35-56(60)65/h1-43H. The number of fused-ring (bicyclic) bond motifs is 13. The first-order valence-electron chi connectivity index (χ1n) is 23.7. The maximum Gasteiger partial charge on any atom is 0.0755 e. The highest BCUT2D eigenvalue weighted by Crippen LogP contribution is 2.64. The average molecular weight is 898 g/mol. The quantitative estimate of drug-likeness (QED) is 0.158. The Morgan fingerprint density at radius 1 is 0.319 bits per heavy atom. The molecule has 0 atom stereocenters. The van der Waals surface area contributed by atoms with Crippen LogP contribution < -0.4 is 14.7 Å². The van der Waals surface area contributed by atoms with E-state index >= 15 is 0 Å². The molecule has 2 heterocycles. The zero-order chi connectivity index (χ0) is 45.5. The van der Waals surface area contributed by atoms with Crippen LogP contribution >= 0.6 is 11.3 Å². The summed E-state index contributed by atoms with van der Waals surface area (Å²) in [7, 11) is 0. The molecule has 1 spiro atoms. The molecule has 4 heteroatoms. The lowest BCUT2D eigenvalue weighted by Gasteiger charge is -2.45. The van der Waals surface area contributed by atoms with Gasteiger partial charge in [0.15, 0.2) is 0 Å². The first-order valence-corrected chi connectivity index (χ1v) is 24.5. The molecule has 0 bridgehead atoms. The Morgan fingerprint density at radius 3 is 1.48 bits per heavy atom. The minimum absolute atomic E-state index is 0.580. The van der Waals surface area contributed by atoms with E-state index in [-0.39, 0.29) is 0 Å². The molecule has 3 nitrogen and oxygen atoms in total. The van der Waals surface area contributed by atoms with Crippen LogP contribution in [0.25, 0.3) is 42.1 Å². The van der Waals surface area contributed by atoms with Gasteiger partial charge in [-0.3, -0.25) is 0 Å². The van der Waals surface area contributed by atoms with Crippen molar-refractivity contribution in [3.8, 4) is 11.1 Å². The van der Waals surface area contributed by atoms with Crippen molar-refractivity contribution in [2.45, 2.75) is 5.41 Å². The Bertz CT molecular complexity index is 3880. The van der Waals surface area contributed by atoms with Crippen LogP contribution in [0.15, 0.2) is 261 Å². The third-order valence-electron chi connectivity index (χ3n) is 14.4. The summed E-state index contributed by atoms with van der Waals surface area (Å²) in [6.45, 7) is 0. The zero-order valence-electron chi connectivity index (χ0n) is 37.6. The molecular weight excluding hydrogens is 855 g/mol. The lowest BCUT2D eigenvalue weighted by atomic mass is 9.64. The highest BCUT2D eigenvalue weighted by atomic mass is 32.1. The summed E-state index contributed by atoms with van der Waals surface area (Å²) in [4.78, 5) is 7.39. The fourth-order valence-electron chi connectivity index (χ4n) is 11.6. The molecular formula is C65H43N3S. The van der Waals surface area contributed by atoms with E-state index in [9.17, 15) is 0 Å². The number of anilines is 9. The summed E-state index contributed by atoms with van der Waals surface area (Å²) < 4.78 is 2.48. The number of rotatable bonds is 7. The van der Waals surface area contributed by atoms with Crippen molar-refractivity contribution in [1.29, 1.82) is 0 Å². The van der Waals surface area contributed by atoms with E-state index in [1.165, 1.54) is 75.7 Å². The molecule has 1 aromatic heterocycles. The first-order chi connectivity index (χ1) is 34.3. The van der Waals surface area contributed by atoms with Gasteiger partial charge in [-0.15, -0.1) is 11.3 Å². The minimum Gasteiger partial charge on any atom is -0.310 e. The molecule has 0 unspecified atom stereocenters. The number of thiophene rings is 1. The van der Waals surface area contributed by atoms with E-state index in [2.05, 4.69) is 276 Å². The van der Waals surface area contributed by atoms with E-state index in [4.69, 9.17) is 0 Å². The van der Waals surface area contributed by atoms with E-state index in [0.717, 1.165) is 39.8 Å². The highest BCUT2D eigenvalue weighted by molar-refractivity contribution is 7.27. The van der Waals surface area contributed by atoms with Crippen molar-refractivity contribution < 1.29 is 0 Å². The van der Waals surface area contributed by atoms with Gasteiger partial charge in [-0.1, -0.05) is 182 Å². The van der Waals surface area contributed by atoms with Gasteiger partial charge in [0.1, 0.15) is 0 Å². The lowest BCUT2D eigenvalue weighted by Crippen LogP contribution is -2.36. The average Bonchev–Trinajstić information content (AvgIpc) is 3.95. The van der Waals surface area contributed by atoms with Gasteiger partial charge >= 0.3 is 0 Å². The van der Waals surface area contributed by atoms with Crippen molar-refractivity contribution in [2.24, 2.45) is 0 Å². The lowest BCUT2D eigenvalue weighted by molar-refractivity contribution is 0.752. The van der Waals surface area contributed by atoms with Crippen molar-refractivity contribution >= 4 is 93.5 Å². The van der Waals surface area contributed by atoms with Crippen molar-refractivity contribution in [3.05, 3.63) is 283 Å². The van der Waals surface area contributed by atoms with Gasteiger partial charge in [0, 0.05) is 38.9 Å². The van der Waals surface area contributed by atoms with Crippen LogP contribution in [-0.4, -0.2) is 0 Å². The molecule has 1 aliphatic carbocycles. The van der Waals surface area contributed by atoms with Gasteiger partial charge in [0.25, 0.3) is 0 Å². The Hall–Kier alpha value is -8.70. The molecule has 69 heavy (non-hydrogen) atoms. The molecule has 0 saturated heterocycles. The van der Waals surface area contributed by atoms with Gasteiger partial charge in [-0.2, -0.15) is 0 Å². The predicted molar refractivity (Wildman–Crippen MR) is 292 cm³/mol. The van der Waals surface area contributed by atoms with Gasteiger partial charge < -0.3 is 14.7 Å². The normalized spacial score (nSPS) is 13.0. The first kappa shape index (κ1) is 39.5. The third-order valence-corrected chi connectivity index (χ3v) is 15.7. The number of benzene rings is 11. The van der Waals surface area contributed by atoms with Crippen LogP contribution in [0, 0.1) is 0 Å². The minimum atomic E-state index is -0.580. The SMILES string of the molecule is c1ccc(N2c3ccccc3C3(c4ccccc4-c4ccc(N(c5ccccc5)c5cccc6c5sc5c(N(c7ccccc7)c7cccc8ccccc78)cccc56)cc43)c3ccccc32)cc1. The number of hydrogen-bond acceptors (Lipinski definition) is 4. The number of para-hydroxylation sites is 5. The van der Waals surface area contributed by atoms with Crippen LogP contribution in [0.1, 0.15) is 22.3 Å². The van der Waals surface area contributed by atoms with Crippen molar-refractivity contribution in [3.63, 3.8) is 0 Å². The molecule has 12 aromatic rings. The van der Waals surface area contributed by atoms with Crippen LogP contribution in [0.3, 0.4) is 0 Å². The summed E-state index contributed by atoms with van der Waals surface area (Å²) in [6.07, 6.45) is 0. The van der Waals surface area contributed by atoms with Crippen LogP contribution in [-0.2, 0) is 5.41 Å². The fraction of sp³-hybridized carbons (Fsp3) is 0.0154. The number of nitrogens with zero attached hydrogens (tertiary/aromatic N) is 3. The van der Waals surface area contributed by atoms with Crippen LogP contribution in [0.5, 0.6) is 0 Å². The molecule has 0 amide bonds. The largest absolute Gasteiger partial charge is 0.310 e. The van der Waals surface area contributed by atoms with Gasteiger partial charge in [-0.25, -0.2) is 0 Å². The van der Waals surface area contributed by atoms with Gasteiger partial charge in [0.05, 0.1) is 43.3 Å². The molecule has 1 aliphatic heterocycles. The maximum atomic E-state index is 2.50. The molecule has 0 saturated carbocycles. The zero-order valence-corrected chi connectivity index (χ0v) is 38.4. The smallest absolute Gasteiger partial charge is 0.0755 e. The van der Waals surface area contributed by atoms with Gasteiger partial charge in [0.2, 0.25) is 0 Å². The maximum absolute atomic E-state index is 2.50. The van der Waals surface area contributed by atoms with E-state index in [0.29, 0.717) is 0 Å². The van der Waals surface area contributed by atoms with Crippen LogP contribution in [0.4, 0.5) is 51.2 Å². The third kappa shape index (κ3) is 5.86. The molecule has 2 aliphatic rings. The van der Waals surface area contributed by atoms with E-state index in [1.54, 1.807) is 0 Å². The van der Waals surface area contributed by atoms with Crippen molar-refractivity contribution in [2.75, 3.05) is 14.7 Å².